The molecule has 0 bridgehead atoms. The molecule has 4 heteroatoms. The lowest BCUT2D eigenvalue weighted by atomic mass is 10.2. The van der Waals surface area contributed by atoms with Crippen LogP contribution in [0, 0.1) is 0 Å². The molecule has 0 aliphatic carbocycles. The summed E-state index contributed by atoms with van der Waals surface area (Å²) < 4.78 is 5.39. The normalized spacial score (nSPS) is 9.53. The Morgan fingerprint density at radius 1 is 1.47 bits per heavy atom. The van der Waals surface area contributed by atoms with E-state index in [2.05, 4.69) is 10.6 Å². The average molecular weight is 208 g/mol. The van der Waals surface area contributed by atoms with E-state index in [-0.39, 0.29) is 5.91 Å². The van der Waals surface area contributed by atoms with Crippen LogP contribution in [0.1, 0.15) is 13.8 Å². The van der Waals surface area contributed by atoms with E-state index in [0.29, 0.717) is 18.0 Å². The molecule has 4 nitrogen and oxygen atoms in total. The molecule has 1 aromatic carbocycles. The Bertz CT molecular complexity index is 350. The number of carbonyl (C=O) groups excluding carboxylic acids is 1. The molecule has 82 valence electrons. The van der Waals surface area contributed by atoms with Crippen LogP contribution in [0.25, 0.3) is 0 Å². The zero-order chi connectivity index (χ0) is 11.3. The summed E-state index contributed by atoms with van der Waals surface area (Å²) in [4.78, 5) is 11.0. The Labute approximate surface area is 89.6 Å². The molecule has 0 heterocycles. The number of amides is 1. The molecule has 0 radical (unpaired) electrons. The topological polar surface area (TPSA) is 50.4 Å². The highest BCUT2D eigenvalue weighted by atomic mass is 16.5. The highest BCUT2D eigenvalue weighted by Gasteiger charge is 2.05. The van der Waals surface area contributed by atoms with Crippen LogP contribution < -0.4 is 15.4 Å². The van der Waals surface area contributed by atoms with Crippen LogP contribution in [0.15, 0.2) is 18.2 Å². The first kappa shape index (κ1) is 11.4. The molecule has 0 fully saturated rings. The van der Waals surface area contributed by atoms with Gasteiger partial charge in [0.25, 0.3) is 0 Å². The van der Waals surface area contributed by atoms with Gasteiger partial charge in [0.15, 0.2) is 0 Å². The number of carbonyl (C=O) groups is 1. The van der Waals surface area contributed by atoms with Crippen LogP contribution >= 0.6 is 0 Å². The summed E-state index contributed by atoms with van der Waals surface area (Å²) in [7, 11) is 1.83. The summed E-state index contributed by atoms with van der Waals surface area (Å²) in [6.07, 6.45) is 0. The van der Waals surface area contributed by atoms with Gasteiger partial charge in [-0.3, -0.25) is 4.79 Å². The minimum atomic E-state index is -0.107. The van der Waals surface area contributed by atoms with E-state index >= 15 is 0 Å². The van der Waals surface area contributed by atoms with Crippen molar-refractivity contribution in [2.45, 2.75) is 13.8 Å². The van der Waals surface area contributed by atoms with Gasteiger partial charge in [0.05, 0.1) is 12.3 Å². The molecule has 0 aromatic heterocycles. The molecule has 1 amide bonds. The maximum atomic E-state index is 11.0. The molecule has 0 saturated carbocycles. The summed E-state index contributed by atoms with van der Waals surface area (Å²) >= 11 is 0. The summed E-state index contributed by atoms with van der Waals surface area (Å²) in [5.74, 6) is 0.580. The van der Waals surface area contributed by atoms with E-state index in [9.17, 15) is 4.79 Å². The number of hydrogen-bond donors (Lipinski definition) is 2. The van der Waals surface area contributed by atoms with Crippen molar-refractivity contribution in [1.29, 1.82) is 0 Å². The van der Waals surface area contributed by atoms with Crippen LogP contribution in [0.4, 0.5) is 11.4 Å². The van der Waals surface area contributed by atoms with Gasteiger partial charge in [-0.15, -0.1) is 0 Å². The molecule has 0 aliphatic rings. The molecule has 1 rings (SSSR count). The van der Waals surface area contributed by atoms with Crippen LogP contribution in [-0.4, -0.2) is 19.6 Å². The van der Waals surface area contributed by atoms with Crippen LogP contribution in [0.5, 0.6) is 5.75 Å². The maximum Gasteiger partial charge on any atom is 0.221 e. The number of anilines is 2. The third kappa shape index (κ3) is 3.16. The predicted octanol–water partition coefficient (Wildman–Crippen LogP) is 2.09. The lowest BCUT2D eigenvalue weighted by Crippen LogP contribution is -2.08. The van der Waals surface area contributed by atoms with Gasteiger partial charge in [0.1, 0.15) is 5.75 Å². The molecular formula is C11H16N2O2. The largest absolute Gasteiger partial charge is 0.492 e. The van der Waals surface area contributed by atoms with Gasteiger partial charge in [-0.05, 0) is 25.1 Å². The second-order valence-corrected chi connectivity index (χ2v) is 3.08. The van der Waals surface area contributed by atoms with Crippen molar-refractivity contribution in [3.63, 3.8) is 0 Å². The second-order valence-electron chi connectivity index (χ2n) is 3.08. The molecule has 0 saturated heterocycles. The monoisotopic (exact) mass is 208 g/mol. The molecule has 0 unspecified atom stereocenters. The van der Waals surface area contributed by atoms with E-state index in [1.807, 2.05) is 32.2 Å². The molecule has 1 aromatic rings. The zero-order valence-electron chi connectivity index (χ0n) is 9.26. The SMILES string of the molecule is CCOc1ccc(NC)cc1NC(C)=O. The van der Waals surface area contributed by atoms with Crippen LogP contribution in [0.2, 0.25) is 0 Å². The van der Waals surface area contributed by atoms with E-state index in [1.165, 1.54) is 6.92 Å². The van der Waals surface area contributed by atoms with Gasteiger partial charge >= 0.3 is 0 Å². The van der Waals surface area contributed by atoms with E-state index in [1.54, 1.807) is 0 Å². The fourth-order valence-corrected chi connectivity index (χ4v) is 1.25. The van der Waals surface area contributed by atoms with Crippen molar-refractivity contribution >= 4 is 17.3 Å². The quantitative estimate of drug-likeness (QED) is 0.796. The van der Waals surface area contributed by atoms with Gasteiger partial charge in [-0.25, -0.2) is 0 Å². The Morgan fingerprint density at radius 3 is 2.73 bits per heavy atom. The fourth-order valence-electron chi connectivity index (χ4n) is 1.25. The van der Waals surface area contributed by atoms with Crippen molar-refractivity contribution < 1.29 is 9.53 Å². The molecule has 0 aliphatic heterocycles. The third-order valence-corrected chi connectivity index (χ3v) is 1.88. The number of nitrogens with one attached hydrogen (secondary N) is 2. The fraction of sp³-hybridized carbons (Fsp3) is 0.364. The smallest absolute Gasteiger partial charge is 0.221 e. The third-order valence-electron chi connectivity index (χ3n) is 1.88. The summed E-state index contributed by atoms with van der Waals surface area (Å²) in [6.45, 7) is 3.96. The van der Waals surface area contributed by atoms with Gasteiger partial charge in [0, 0.05) is 19.7 Å². The molecule has 15 heavy (non-hydrogen) atoms. The van der Waals surface area contributed by atoms with Gasteiger partial charge in [0.2, 0.25) is 5.91 Å². The number of hydrogen-bond acceptors (Lipinski definition) is 3. The van der Waals surface area contributed by atoms with Gasteiger partial charge in [-0.1, -0.05) is 0 Å². The summed E-state index contributed by atoms with van der Waals surface area (Å²) in [5, 5.41) is 5.73. The Hall–Kier alpha value is -1.71. The minimum absolute atomic E-state index is 0.107. The highest BCUT2D eigenvalue weighted by molar-refractivity contribution is 5.91. The van der Waals surface area contributed by atoms with Crippen molar-refractivity contribution in [3.05, 3.63) is 18.2 Å². The summed E-state index contributed by atoms with van der Waals surface area (Å²) in [6, 6.07) is 5.57. The number of benzene rings is 1. The van der Waals surface area contributed by atoms with Crippen molar-refractivity contribution in [2.75, 3.05) is 24.3 Å². The molecule has 2 N–H and O–H groups in total. The van der Waals surface area contributed by atoms with E-state index in [4.69, 9.17) is 4.74 Å². The van der Waals surface area contributed by atoms with Crippen LogP contribution in [-0.2, 0) is 4.79 Å². The lowest BCUT2D eigenvalue weighted by Gasteiger charge is -2.12. The first-order valence-electron chi connectivity index (χ1n) is 4.89. The van der Waals surface area contributed by atoms with Gasteiger partial charge < -0.3 is 15.4 Å². The van der Waals surface area contributed by atoms with E-state index in [0.717, 1.165) is 5.69 Å². The molecular weight excluding hydrogens is 192 g/mol. The Kier molecular flexibility index (Phi) is 3.97. The standard InChI is InChI=1S/C11H16N2O2/c1-4-15-11-6-5-9(12-3)7-10(11)13-8(2)14/h5-7,12H,4H2,1-3H3,(H,13,14). The predicted molar refractivity (Wildman–Crippen MR) is 61.5 cm³/mol. The van der Waals surface area contributed by atoms with Crippen molar-refractivity contribution in [3.8, 4) is 5.75 Å². The minimum Gasteiger partial charge on any atom is -0.492 e. The van der Waals surface area contributed by atoms with E-state index < -0.39 is 0 Å². The van der Waals surface area contributed by atoms with Crippen molar-refractivity contribution in [1.82, 2.24) is 0 Å². The van der Waals surface area contributed by atoms with Gasteiger partial charge in [-0.2, -0.15) is 0 Å². The van der Waals surface area contributed by atoms with Crippen molar-refractivity contribution in [2.24, 2.45) is 0 Å². The highest BCUT2D eigenvalue weighted by Crippen LogP contribution is 2.27. The molecule has 0 atom stereocenters. The number of ether oxygens (including phenoxy) is 1. The zero-order valence-corrected chi connectivity index (χ0v) is 9.26. The first-order chi connectivity index (χ1) is 7.17. The Morgan fingerprint density at radius 2 is 2.20 bits per heavy atom. The van der Waals surface area contributed by atoms with Crippen LogP contribution in [0.3, 0.4) is 0 Å². The average Bonchev–Trinajstić information content (AvgIpc) is 2.20. The lowest BCUT2D eigenvalue weighted by molar-refractivity contribution is -0.114. The summed E-state index contributed by atoms with van der Waals surface area (Å²) in [5.41, 5.74) is 1.62. The maximum absolute atomic E-state index is 11.0. The molecule has 0 spiro atoms. The first-order valence-corrected chi connectivity index (χ1v) is 4.89. The Balaban J connectivity index is 2.98. The second kappa shape index (κ2) is 5.24. The number of rotatable bonds is 4.